The molecule has 0 aliphatic rings. The van der Waals surface area contributed by atoms with Crippen molar-refractivity contribution in [1.29, 1.82) is 0 Å². The summed E-state index contributed by atoms with van der Waals surface area (Å²) in [6.45, 7) is 2.01. The molecule has 2 heterocycles. The summed E-state index contributed by atoms with van der Waals surface area (Å²) < 4.78 is 4.33. The summed E-state index contributed by atoms with van der Waals surface area (Å²) in [5.74, 6) is 0.572. The van der Waals surface area contributed by atoms with E-state index in [0.29, 0.717) is 16.9 Å². The number of aromatic nitrogens is 4. The van der Waals surface area contributed by atoms with E-state index in [0.717, 1.165) is 27.0 Å². The fourth-order valence-electron chi connectivity index (χ4n) is 3.52. The number of aryl methyl sites for hydroxylation is 1. The average molecular weight is 457 g/mol. The second kappa shape index (κ2) is 7.39. The monoisotopic (exact) mass is 456 g/mol. The molecule has 0 bridgehead atoms. The minimum atomic E-state index is -0.148. The number of hydrogen-bond acceptors (Lipinski definition) is 3. The predicted molar refractivity (Wildman–Crippen MR) is 122 cm³/mol. The first-order chi connectivity index (χ1) is 14.6. The molecule has 0 amide bonds. The fourth-order valence-corrected chi connectivity index (χ4v) is 3.79. The van der Waals surface area contributed by atoms with Crippen LogP contribution in [0.2, 0.25) is 0 Å². The third-order valence-electron chi connectivity index (χ3n) is 4.96. The van der Waals surface area contributed by atoms with Crippen LogP contribution in [-0.2, 0) is 0 Å². The van der Waals surface area contributed by atoms with E-state index in [2.05, 4.69) is 21.0 Å². The lowest BCUT2D eigenvalue weighted by Crippen LogP contribution is -2.22. The summed E-state index contributed by atoms with van der Waals surface area (Å²) in [6.07, 6.45) is 1.59. The van der Waals surface area contributed by atoms with Gasteiger partial charge in [-0.25, -0.2) is 9.67 Å². The van der Waals surface area contributed by atoms with Crippen LogP contribution in [0, 0.1) is 6.92 Å². The lowest BCUT2D eigenvalue weighted by Gasteiger charge is -2.14. The molecule has 146 valence electrons. The minimum Gasteiger partial charge on any atom is -0.268 e. The van der Waals surface area contributed by atoms with Crippen molar-refractivity contribution in [2.24, 2.45) is 0 Å². The van der Waals surface area contributed by atoms with Crippen LogP contribution in [-0.4, -0.2) is 19.3 Å². The first kappa shape index (κ1) is 18.5. The molecule has 0 aliphatic carbocycles. The molecule has 5 aromatic rings. The highest BCUT2D eigenvalue weighted by atomic mass is 79.9. The normalized spacial score (nSPS) is 11.1. The lowest BCUT2D eigenvalue weighted by molar-refractivity contribution is 0.888. The Balaban J connectivity index is 1.86. The third-order valence-corrected chi connectivity index (χ3v) is 5.49. The summed E-state index contributed by atoms with van der Waals surface area (Å²) in [7, 11) is 0. The molecule has 0 radical (unpaired) electrons. The molecule has 6 heteroatoms. The van der Waals surface area contributed by atoms with Crippen LogP contribution < -0.4 is 5.56 Å². The highest BCUT2D eigenvalue weighted by Crippen LogP contribution is 2.25. The molecule has 0 spiro atoms. The Bertz CT molecular complexity index is 1420. The quantitative estimate of drug-likeness (QED) is 0.369. The van der Waals surface area contributed by atoms with E-state index < -0.39 is 0 Å². The van der Waals surface area contributed by atoms with E-state index in [-0.39, 0.29) is 5.56 Å². The molecule has 0 saturated heterocycles. The van der Waals surface area contributed by atoms with Crippen molar-refractivity contribution in [2.45, 2.75) is 6.92 Å². The van der Waals surface area contributed by atoms with Crippen molar-refractivity contribution >= 4 is 27.0 Å². The third kappa shape index (κ3) is 3.15. The van der Waals surface area contributed by atoms with Gasteiger partial charge in [0.2, 0.25) is 0 Å². The van der Waals surface area contributed by atoms with E-state index >= 15 is 0 Å². The number of halogens is 1. The number of hydrogen-bond donors (Lipinski definition) is 0. The van der Waals surface area contributed by atoms with Gasteiger partial charge in [0.1, 0.15) is 11.2 Å². The van der Waals surface area contributed by atoms with Crippen LogP contribution >= 0.6 is 15.9 Å². The van der Waals surface area contributed by atoms with Crippen molar-refractivity contribution in [3.05, 3.63) is 105 Å². The Morgan fingerprint density at radius 3 is 2.33 bits per heavy atom. The molecular weight excluding hydrogens is 440 g/mol. The number of benzene rings is 3. The van der Waals surface area contributed by atoms with Gasteiger partial charge in [-0.1, -0.05) is 58.4 Å². The first-order valence-electron chi connectivity index (χ1n) is 9.51. The van der Waals surface area contributed by atoms with Crippen molar-refractivity contribution in [3.63, 3.8) is 0 Å². The van der Waals surface area contributed by atoms with Gasteiger partial charge >= 0.3 is 0 Å². The number of rotatable bonds is 3. The van der Waals surface area contributed by atoms with Gasteiger partial charge in [-0.15, -0.1) is 0 Å². The SMILES string of the molecule is Cc1cccc(-n2c(-c3ccc(Br)cc3)nc3c(cnn3-c3ccccc3)c2=O)c1. The Labute approximate surface area is 181 Å². The molecule has 0 atom stereocenters. The van der Waals surface area contributed by atoms with Crippen LogP contribution in [0.5, 0.6) is 0 Å². The van der Waals surface area contributed by atoms with E-state index in [9.17, 15) is 4.79 Å². The Kier molecular flexibility index (Phi) is 4.56. The van der Waals surface area contributed by atoms with Gasteiger partial charge in [-0.3, -0.25) is 9.36 Å². The molecule has 0 N–H and O–H groups in total. The van der Waals surface area contributed by atoms with Gasteiger partial charge < -0.3 is 0 Å². The van der Waals surface area contributed by atoms with Gasteiger partial charge in [-0.05, 0) is 48.9 Å². The van der Waals surface area contributed by atoms with Gasteiger partial charge in [0.15, 0.2) is 5.65 Å². The van der Waals surface area contributed by atoms with Crippen LogP contribution in [0.15, 0.2) is 94.3 Å². The highest BCUT2D eigenvalue weighted by molar-refractivity contribution is 9.10. The molecule has 0 saturated carbocycles. The Hall–Kier alpha value is -3.51. The second-order valence-corrected chi connectivity index (χ2v) is 7.97. The van der Waals surface area contributed by atoms with E-state index in [1.165, 1.54) is 0 Å². The summed E-state index contributed by atoms with van der Waals surface area (Å²) in [5.41, 5.74) is 3.94. The van der Waals surface area contributed by atoms with Crippen LogP contribution in [0.3, 0.4) is 0 Å². The molecule has 3 aromatic carbocycles. The van der Waals surface area contributed by atoms with Gasteiger partial charge in [-0.2, -0.15) is 5.10 Å². The summed E-state index contributed by atoms with van der Waals surface area (Å²) in [6, 6.07) is 25.4. The van der Waals surface area contributed by atoms with E-state index in [4.69, 9.17) is 4.98 Å². The van der Waals surface area contributed by atoms with E-state index in [1.807, 2.05) is 85.8 Å². The highest BCUT2D eigenvalue weighted by Gasteiger charge is 2.18. The predicted octanol–water partition coefficient (Wildman–Crippen LogP) is 5.31. The Morgan fingerprint density at radius 2 is 1.60 bits per heavy atom. The first-order valence-corrected chi connectivity index (χ1v) is 10.3. The largest absolute Gasteiger partial charge is 0.269 e. The summed E-state index contributed by atoms with van der Waals surface area (Å²) >= 11 is 3.48. The maximum Gasteiger partial charge on any atom is 0.269 e. The topological polar surface area (TPSA) is 52.7 Å². The van der Waals surface area contributed by atoms with Crippen molar-refractivity contribution in [3.8, 4) is 22.8 Å². The maximum atomic E-state index is 13.6. The number of para-hydroxylation sites is 1. The smallest absolute Gasteiger partial charge is 0.268 e. The summed E-state index contributed by atoms with van der Waals surface area (Å²) in [5, 5.41) is 4.93. The molecule has 30 heavy (non-hydrogen) atoms. The molecular formula is C24H17BrN4O. The number of fused-ring (bicyclic) bond motifs is 1. The molecule has 5 rings (SSSR count). The van der Waals surface area contributed by atoms with E-state index in [1.54, 1.807) is 15.4 Å². The van der Waals surface area contributed by atoms with Crippen molar-refractivity contribution in [2.75, 3.05) is 0 Å². The zero-order valence-corrected chi connectivity index (χ0v) is 17.7. The van der Waals surface area contributed by atoms with Crippen LogP contribution in [0.25, 0.3) is 33.8 Å². The molecule has 2 aromatic heterocycles. The van der Waals surface area contributed by atoms with Gasteiger partial charge in [0.05, 0.1) is 17.6 Å². The Morgan fingerprint density at radius 1 is 0.867 bits per heavy atom. The summed E-state index contributed by atoms with van der Waals surface area (Å²) in [4.78, 5) is 18.5. The number of nitrogens with zero attached hydrogens (tertiary/aromatic N) is 4. The minimum absolute atomic E-state index is 0.148. The van der Waals surface area contributed by atoms with Gasteiger partial charge in [0.25, 0.3) is 5.56 Å². The molecule has 0 unspecified atom stereocenters. The molecule has 5 nitrogen and oxygen atoms in total. The lowest BCUT2D eigenvalue weighted by atomic mass is 10.1. The zero-order chi connectivity index (χ0) is 20.7. The standard InChI is InChI=1S/C24H17BrN4O/c1-16-6-5-9-20(14-16)28-22(17-10-12-18(25)13-11-17)27-23-21(24(28)30)15-26-29(23)19-7-3-2-4-8-19/h2-15H,1H3. The maximum absolute atomic E-state index is 13.6. The zero-order valence-electron chi connectivity index (χ0n) is 16.2. The van der Waals surface area contributed by atoms with Crippen molar-refractivity contribution in [1.82, 2.24) is 19.3 Å². The van der Waals surface area contributed by atoms with Crippen LogP contribution in [0.1, 0.15) is 5.56 Å². The average Bonchev–Trinajstić information content (AvgIpc) is 3.19. The molecule has 0 aliphatic heterocycles. The van der Waals surface area contributed by atoms with Gasteiger partial charge in [0, 0.05) is 10.0 Å². The fraction of sp³-hybridized carbons (Fsp3) is 0.0417. The second-order valence-electron chi connectivity index (χ2n) is 7.05. The van der Waals surface area contributed by atoms with Crippen molar-refractivity contribution < 1.29 is 0 Å². The van der Waals surface area contributed by atoms with Crippen LogP contribution in [0.4, 0.5) is 0 Å². The molecule has 0 fully saturated rings.